The largest absolute Gasteiger partial charge is 0.464 e. The third kappa shape index (κ3) is 2.47. The topological polar surface area (TPSA) is 75.7 Å². The number of likely N-dealkylation sites (tertiary alicyclic amines) is 1. The number of carbonyl (C=O) groups excluding carboxylic acids is 3. The van der Waals surface area contributed by atoms with Crippen molar-refractivity contribution in [1.29, 1.82) is 0 Å². The van der Waals surface area contributed by atoms with E-state index >= 15 is 0 Å². The molecule has 2 amide bonds. The monoisotopic (exact) mass is 254 g/mol. The second-order valence-electron chi connectivity index (χ2n) is 4.60. The zero-order valence-electron chi connectivity index (χ0n) is 10.5. The molecule has 0 bridgehead atoms. The SMILES string of the molecule is CCOC(=O)C1CCCN1C(=O)[C@H]1CCC(=O)N1. The molecule has 6 nitrogen and oxygen atoms in total. The van der Waals surface area contributed by atoms with Gasteiger partial charge in [0.25, 0.3) is 0 Å². The third-order valence-electron chi connectivity index (χ3n) is 3.39. The first-order chi connectivity index (χ1) is 8.63. The van der Waals surface area contributed by atoms with Crippen LogP contribution < -0.4 is 5.32 Å². The molecule has 2 atom stereocenters. The highest BCUT2D eigenvalue weighted by Crippen LogP contribution is 2.21. The maximum atomic E-state index is 12.2. The minimum absolute atomic E-state index is 0.0970. The minimum atomic E-state index is -0.477. The van der Waals surface area contributed by atoms with Gasteiger partial charge in [0.1, 0.15) is 12.1 Å². The lowest BCUT2D eigenvalue weighted by Gasteiger charge is -2.25. The number of carbonyl (C=O) groups is 3. The summed E-state index contributed by atoms with van der Waals surface area (Å²) in [6, 6.07) is -0.942. The van der Waals surface area contributed by atoms with Crippen molar-refractivity contribution in [3.8, 4) is 0 Å². The summed E-state index contributed by atoms with van der Waals surface area (Å²) in [5.41, 5.74) is 0. The smallest absolute Gasteiger partial charge is 0.328 e. The molecule has 0 aromatic rings. The molecule has 0 spiro atoms. The predicted molar refractivity (Wildman–Crippen MR) is 62.5 cm³/mol. The lowest BCUT2D eigenvalue weighted by Crippen LogP contribution is -2.49. The van der Waals surface area contributed by atoms with Gasteiger partial charge in [0, 0.05) is 13.0 Å². The fourth-order valence-corrected chi connectivity index (χ4v) is 2.51. The van der Waals surface area contributed by atoms with Gasteiger partial charge in [-0.1, -0.05) is 0 Å². The van der Waals surface area contributed by atoms with Crippen molar-refractivity contribution in [2.24, 2.45) is 0 Å². The number of nitrogens with zero attached hydrogens (tertiary/aromatic N) is 1. The Balaban J connectivity index is 2.00. The standard InChI is InChI=1S/C12H18N2O4/c1-2-18-12(17)9-4-3-7-14(9)11(16)8-5-6-10(15)13-8/h8-9H,2-7H2,1H3,(H,13,15)/t8-,9?/m1/s1. The van der Waals surface area contributed by atoms with Gasteiger partial charge in [-0.05, 0) is 26.2 Å². The molecule has 0 aromatic carbocycles. The molecular weight excluding hydrogens is 236 g/mol. The molecule has 0 saturated carbocycles. The van der Waals surface area contributed by atoms with E-state index in [0.29, 0.717) is 32.4 Å². The van der Waals surface area contributed by atoms with Crippen LogP contribution in [0.4, 0.5) is 0 Å². The van der Waals surface area contributed by atoms with E-state index in [0.717, 1.165) is 6.42 Å². The molecule has 2 saturated heterocycles. The third-order valence-corrected chi connectivity index (χ3v) is 3.39. The Kier molecular flexibility index (Phi) is 3.84. The van der Waals surface area contributed by atoms with Crippen LogP contribution in [0.3, 0.4) is 0 Å². The summed E-state index contributed by atoms with van der Waals surface area (Å²) < 4.78 is 4.97. The zero-order chi connectivity index (χ0) is 13.1. The summed E-state index contributed by atoms with van der Waals surface area (Å²) in [5.74, 6) is -0.593. The highest BCUT2D eigenvalue weighted by molar-refractivity contribution is 5.93. The summed E-state index contributed by atoms with van der Waals surface area (Å²) in [6.07, 6.45) is 2.35. The summed E-state index contributed by atoms with van der Waals surface area (Å²) in [4.78, 5) is 36.6. The number of rotatable bonds is 3. The van der Waals surface area contributed by atoms with Gasteiger partial charge in [0.2, 0.25) is 11.8 Å². The quantitative estimate of drug-likeness (QED) is 0.709. The summed E-state index contributed by atoms with van der Waals surface area (Å²) in [7, 11) is 0. The lowest BCUT2D eigenvalue weighted by molar-refractivity contribution is -0.153. The van der Waals surface area contributed by atoms with E-state index < -0.39 is 12.1 Å². The normalized spacial score (nSPS) is 27.2. The molecular formula is C12H18N2O4. The van der Waals surface area contributed by atoms with Crippen LogP contribution in [0.1, 0.15) is 32.6 Å². The highest BCUT2D eigenvalue weighted by Gasteiger charge is 2.39. The number of amides is 2. The molecule has 2 heterocycles. The van der Waals surface area contributed by atoms with Crippen molar-refractivity contribution in [2.75, 3.05) is 13.2 Å². The molecule has 0 aliphatic carbocycles. The van der Waals surface area contributed by atoms with Crippen LogP contribution in [0.25, 0.3) is 0 Å². The van der Waals surface area contributed by atoms with Gasteiger partial charge in [-0.2, -0.15) is 0 Å². The van der Waals surface area contributed by atoms with Crippen LogP contribution in [0.5, 0.6) is 0 Å². The van der Waals surface area contributed by atoms with Crippen LogP contribution in [0.15, 0.2) is 0 Å². The predicted octanol–water partition coefficient (Wildman–Crippen LogP) is -0.181. The van der Waals surface area contributed by atoms with Gasteiger partial charge < -0.3 is 15.0 Å². The summed E-state index contributed by atoms with van der Waals surface area (Å²) in [5, 5.41) is 2.64. The van der Waals surface area contributed by atoms with E-state index in [4.69, 9.17) is 4.74 Å². The molecule has 2 aliphatic rings. The van der Waals surface area contributed by atoms with E-state index in [2.05, 4.69) is 5.32 Å². The highest BCUT2D eigenvalue weighted by atomic mass is 16.5. The van der Waals surface area contributed by atoms with Crippen molar-refractivity contribution < 1.29 is 19.1 Å². The zero-order valence-corrected chi connectivity index (χ0v) is 10.5. The average Bonchev–Trinajstić information content (AvgIpc) is 2.96. The first-order valence-corrected chi connectivity index (χ1v) is 6.40. The fraction of sp³-hybridized carbons (Fsp3) is 0.750. The Morgan fingerprint density at radius 3 is 2.83 bits per heavy atom. The van der Waals surface area contributed by atoms with Crippen molar-refractivity contribution in [3.05, 3.63) is 0 Å². The number of esters is 1. The fourth-order valence-electron chi connectivity index (χ4n) is 2.51. The van der Waals surface area contributed by atoms with Crippen molar-refractivity contribution in [2.45, 2.75) is 44.7 Å². The molecule has 100 valence electrons. The van der Waals surface area contributed by atoms with Crippen molar-refractivity contribution >= 4 is 17.8 Å². The number of nitrogens with one attached hydrogen (secondary N) is 1. The van der Waals surface area contributed by atoms with Gasteiger partial charge in [0.15, 0.2) is 0 Å². The summed E-state index contributed by atoms with van der Waals surface area (Å²) >= 11 is 0. The van der Waals surface area contributed by atoms with Crippen LogP contribution in [0.2, 0.25) is 0 Å². The molecule has 1 N–H and O–H groups in total. The second kappa shape index (κ2) is 5.37. The molecule has 2 rings (SSSR count). The second-order valence-corrected chi connectivity index (χ2v) is 4.60. The molecule has 2 aliphatic heterocycles. The summed E-state index contributed by atoms with van der Waals surface area (Å²) in [6.45, 7) is 2.63. The Morgan fingerprint density at radius 1 is 1.44 bits per heavy atom. The van der Waals surface area contributed by atoms with Crippen LogP contribution in [-0.2, 0) is 19.1 Å². The molecule has 6 heteroatoms. The Morgan fingerprint density at radius 2 is 2.22 bits per heavy atom. The number of hydrogen-bond acceptors (Lipinski definition) is 4. The molecule has 1 unspecified atom stereocenters. The van der Waals surface area contributed by atoms with Gasteiger partial charge >= 0.3 is 5.97 Å². The van der Waals surface area contributed by atoms with E-state index in [1.807, 2.05) is 0 Å². The van der Waals surface area contributed by atoms with Crippen LogP contribution in [-0.4, -0.2) is 47.9 Å². The average molecular weight is 254 g/mol. The first kappa shape index (κ1) is 12.9. The van der Waals surface area contributed by atoms with Crippen molar-refractivity contribution in [1.82, 2.24) is 10.2 Å². The Labute approximate surface area is 106 Å². The van der Waals surface area contributed by atoms with Crippen LogP contribution >= 0.6 is 0 Å². The molecule has 18 heavy (non-hydrogen) atoms. The van der Waals surface area contributed by atoms with Crippen LogP contribution in [0, 0.1) is 0 Å². The lowest BCUT2D eigenvalue weighted by atomic mass is 10.1. The number of hydrogen-bond donors (Lipinski definition) is 1. The maximum Gasteiger partial charge on any atom is 0.328 e. The van der Waals surface area contributed by atoms with E-state index in [1.54, 1.807) is 11.8 Å². The van der Waals surface area contributed by atoms with E-state index in [1.165, 1.54) is 0 Å². The van der Waals surface area contributed by atoms with E-state index in [-0.39, 0.29) is 17.8 Å². The molecule has 0 aromatic heterocycles. The first-order valence-electron chi connectivity index (χ1n) is 6.40. The van der Waals surface area contributed by atoms with Gasteiger partial charge in [-0.15, -0.1) is 0 Å². The molecule has 0 radical (unpaired) electrons. The minimum Gasteiger partial charge on any atom is -0.464 e. The maximum absolute atomic E-state index is 12.2. The van der Waals surface area contributed by atoms with Gasteiger partial charge in [0.05, 0.1) is 6.61 Å². The Hall–Kier alpha value is -1.59. The van der Waals surface area contributed by atoms with Gasteiger partial charge in [-0.3, -0.25) is 9.59 Å². The Bertz CT molecular complexity index is 369. The van der Waals surface area contributed by atoms with E-state index in [9.17, 15) is 14.4 Å². The molecule has 2 fully saturated rings. The van der Waals surface area contributed by atoms with Gasteiger partial charge in [-0.25, -0.2) is 4.79 Å². The number of ether oxygens (including phenoxy) is 1. The van der Waals surface area contributed by atoms with Crippen molar-refractivity contribution in [3.63, 3.8) is 0 Å².